The van der Waals surface area contributed by atoms with Crippen LogP contribution in [0, 0.1) is 6.92 Å². The quantitative estimate of drug-likeness (QED) is 0.516. The van der Waals surface area contributed by atoms with Crippen molar-refractivity contribution in [2.45, 2.75) is 13.8 Å². The van der Waals surface area contributed by atoms with Crippen LogP contribution >= 0.6 is 11.6 Å². The highest BCUT2D eigenvalue weighted by Gasteiger charge is 2.26. The number of Topliss-reactive ketones (excluding diaryl/α,β-unsaturated/α-hetero) is 1. The summed E-state index contributed by atoms with van der Waals surface area (Å²) in [5, 5.41) is 10.1. The highest BCUT2D eigenvalue weighted by Crippen LogP contribution is 2.39. The molecule has 0 aromatic heterocycles. The van der Waals surface area contributed by atoms with E-state index in [9.17, 15) is 14.7 Å². The number of rotatable bonds is 4. The lowest BCUT2D eigenvalue weighted by atomic mass is 10.0. The van der Waals surface area contributed by atoms with Crippen LogP contribution < -0.4 is 4.74 Å². The van der Waals surface area contributed by atoms with Gasteiger partial charge in [-0.15, -0.1) is 0 Å². The highest BCUT2D eigenvalue weighted by atomic mass is 35.5. The van der Waals surface area contributed by atoms with Crippen LogP contribution in [0.2, 0.25) is 5.02 Å². The number of aryl methyl sites for hydroxylation is 1. The van der Waals surface area contributed by atoms with Crippen molar-refractivity contribution in [2.24, 2.45) is 0 Å². The zero-order chi connectivity index (χ0) is 13.9. The van der Waals surface area contributed by atoms with Gasteiger partial charge in [-0.2, -0.15) is 0 Å². The molecular formula is C12H13ClO5. The molecule has 0 atom stereocenters. The van der Waals surface area contributed by atoms with Crippen molar-refractivity contribution < 1.29 is 24.2 Å². The Bertz CT molecular complexity index is 496. The molecule has 0 aliphatic rings. The van der Waals surface area contributed by atoms with E-state index in [2.05, 4.69) is 4.74 Å². The molecule has 0 bridgehead atoms. The van der Waals surface area contributed by atoms with Crippen LogP contribution in [0.3, 0.4) is 0 Å². The average molecular weight is 273 g/mol. The Balaban J connectivity index is 3.32. The monoisotopic (exact) mass is 272 g/mol. The molecule has 0 amide bonds. The van der Waals surface area contributed by atoms with Gasteiger partial charge >= 0.3 is 5.97 Å². The second kappa shape index (κ2) is 5.73. The minimum absolute atomic E-state index is 0.0464. The van der Waals surface area contributed by atoms with Crippen molar-refractivity contribution in [2.75, 3.05) is 13.7 Å². The van der Waals surface area contributed by atoms with E-state index in [-0.39, 0.29) is 22.9 Å². The number of carbonyl (C=O) groups excluding carboxylic acids is 2. The number of methoxy groups -OCH3 is 1. The lowest BCUT2D eigenvalue weighted by Gasteiger charge is -2.12. The summed E-state index contributed by atoms with van der Waals surface area (Å²) in [5.74, 6) is -2.46. The van der Waals surface area contributed by atoms with Crippen molar-refractivity contribution in [3.8, 4) is 11.5 Å². The fraction of sp³-hybridized carbons (Fsp3) is 0.333. The Hall–Kier alpha value is -1.75. The largest absolute Gasteiger partial charge is 0.504 e. The third kappa shape index (κ3) is 2.56. The fourth-order valence-electron chi connectivity index (χ4n) is 1.52. The number of ether oxygens (including phenoxy) is 2. The van der Waals surface area contributed by atoms with Crippen LogP contribution in [-0.4, -0.2) is 30.6 Å². The normalized spacial score (nSPS) is 10.0. The van der Waals surface area contributed by atoms with E-state index in [1.54, 1.807) is 13.8 Å². The van der Waals surface area contributed by atoms with Crippen molar-refractivity contribution in [3.05, 3.63) is 22.2 Å². The van der Waals surface area contributed by atoms with Gasteiger partial charge in [0.15, 0.2) is 11.5 Å². The molecule has 98 valence electrons. The molecule has 0 aliphatic heterocycles. The molecule has 1 aromatic rings. The third-order valence-electron chi connectivity index (χ3n) is 2.30. The van der Waals surface area contributed by atoms with E-state index >= 15 is 0 Å². The molecule has 0 fully saturated rings. The van der Waals surface area contributed by atoms with Crippen LogP contribution in [0.25, 0.3) is 0 Å². The number of hydrogen-bond donors (Lipinski definition) is 1. The van der Waals surface area contributed by atoms with Crippen LogP contribution in [0.5, 0.6) is 11.5 Å². The fourth-order valence-corrected chi connectivity index (χ4v) is 1.85. The predicted octanol–water partition coefficient (Wildman–Crippen LogP) is 2.11. The molecule has 0 heterocycles. The van der Waals surface area contributed by atoms with Gasteiger partial charge in [-0.1, -0.05) is 11.6 Å². The lowest BCUT2D eigenvalue weighted by Crippen LogP contribution is -2.19. The second-order valence-electron chi connectivity index (χ2n) is 3.48. The van der Waals surface area contributed by atoms with E-state index in [1.807, 2.05) is 0 Å². The molecule has 0 saturated heterocycles. The first-order chi connectivity index (χ1) is 8.43. The number of phenols is 1. The number of aromatic hydroxyl groups is 1. The minimum Gasteiger partial charge on any atom is -0.504 e. The Morgan fingerprint density at radius 1 is 1.44 bits per heavy atom. The van der Waals surface area contributed by atoms with E-state index in [0.29, 0.717) is 5.56 Å². The Morgan fingerprint density at radius 2 is 2.06 bits per heavy atom. The number of esters is 1. The van der Waals surface area contributed by atoms with Gasteiger partial charge in [0.05, 0.1) is 24.3 Å². The number of ketones is 1. The van der Waals surface area contributed by atoms with Crippen molar-refractivity contribution in [1.29, 1.82) is 0 Å². The molecule has 6 heteroatoms. The van der Waals surface area contributed by atoms with E-state index in [1.165, 1.54) is 13.2 Å². The van der Waals surface area contributed by atoms with Crippen molar-refractivity contribution in [1.82, 2.24) is 0 Å². The standard InChI is InChI=1S/C12H13ClO5/c1-4-18-12(16)10(15)8-6(2)5-7(13)11(17-3)9(8)14/h5,14H,4H2,1-3H3. The zero-order valence-electron chi connectivity index (χ0n) is 10.2. The summed E-state index contributed by atoms with van der Waals surface area (Å²) < 4.78 is 9.47. The first kappa shape index (κ1) is 14.3. The maximum absolute atomic E-state index is 11.8. The summed E-state index contributed by atoms with van der Waals surface area (Å²) in [4.78, 5) is 23.2. The molecule has 0 unspecified atom stereocenters. The van der Waals surface area contributed by atoms with E-state index < -0.39 is 17.5 Å². The molecule has 1 rings (SSSR count). The van der Waals surface area contributed by atoms with Gasteiger partial charge < -0.3 is 14.6 Å². The summed E-state index contributed by atoms with van der Waals surface area (Å²) in [6.45, 7) is 3.22. The van der Waals surface area contributed by atoms with E-state index in [4.69, 9.17) is 16.3 Å². The first-order valence-electron chi connectivity index (χ1n) is 5.21. The zero-order valence-corrected chi connectivity index (χ0v) is 11.0. The predicted molar refractivity (Wildman–Crippen MR) is 65.4 cm³/mol. The Morgan fingerprint density at radius 3 is 2.56 bits per heavy atom. The topological polar surface area (TPSA) is 72.8 Å². The van der Waals surface area contributed by atoms with Gasteiger partial charge in [0.25, 0.3) is 5.78 Å². The number of carbonyl (C=O) groups is 2. The summed E-state index contributed by atoms with van der Waals surface area (Å²) in [6, 6.07) is 1.44. The smallest absolute Gasteiger partial charge is 0.379 e. The minimum atomic E-state index is -1.03. The SMILES string of the molecule is CCOC(=O)C(=O)c1c(C)cc(Cl)c(OC)c1O. The molecule has 5 nitrogen and oxygen atoms in total. The maximum atomic E-state index is 11.8. The summed E-state index contributed by atoms with van der Waals surface area (Å²) in [5.41, 5.74) is 0.214. The molecule has 18 heavy (non-hydrogen) atoms. The van der Waals surface area contributed by atoms with Gasteiger partial charge in [-0.25, -0.2) is 4.79 Å². The first-order valence-corrected chi connectivity index (χ1v) is 5.59. The lowest BCUT2D eigenvalue weighted by molar-refractivity contribution is -0.137. The molecular weight excluding hydrogens is 260 g/mol. The molecule has 0 saturated carbocycles. The van der Waals surface area contributed by atoms with Crippen molar-refractivity contribution in [3.63, 3.8) is 0 Å². The maximum Gasteiger partial charge on any atom is 0.379 e. The van der Waals surface area contributed by atoms with Crippen LogP contribution in [0.4, 0.5) is 0 Å². The van der Waals surface area contributed by atoms with Crippen LogP contribution in [0.15, 0.2) is 6.07 Å². The Labute approximate surface area is 109 Å². The molecule has 1 aromatic carbocycles. The summed E-state index contributed by atoms with van der Waals surface area (Å²) >= 11 is 5.84. The van der Waals surface area contributed by atoms with Crippen LogP contribution in [-0.2, 0) is 9.53 Å². The van der Waals surface area contributed by atoms with Gasteiger partial charge in [0, 0.05) is 0 Å². The van der Waals surface area contributed by atoms with E-state index in [0.717, 1.165) is 0 Å². The molecule has 1 N–H and O–H groups in total. The van der Waals surface area contributed by atoms with Gasteiger partial charge in [0.1, 0.15) is 0 Å². The third-order valence-corrected chi connectivity index (χ3v) is 2.58. The van der Waals surface area contributed by atoms with Gasteiger partial charge in [0.2, 0.25) is 0 Å². The number of halogens is 1. The molecule has 0 radical (unpaired) electrons. The number of benzene rings is 1. The van der Waals surface area contributed by atoms with Gasteiger partial charge in [-0.05, 0) is 25.5 Å². The highest BCUT2D eigenvalue weighted by molar-refractivity contribution is 6.42. The summed E-state index contributed by atoms with van der Waals surface area (Å²) in [7, 11) is 1.30. The Kier molecular flexibility index (Phi) is 4.55. The summed E-state index contributed by atoms with van der Waals surface area (Å²) in [6.07, 6.45) is 0. The molecule has 0 aliphatic carbocycles. The second-order valence-corrected chi connectivity index (χ2v) is 3.89. The van der Waals surface area contributed by atoms with Crippen LogP contribution in [0.1, 0.15) is 22.8 Å². The van der Waals surface area contributed by atoms with Crippen molar-refractivity contribution >= 4 is 23.4 Å². The van der Waals surface area contributed by atoms with Gasteiger partial charge in [-0.3, -0.25) is 4.79 Å². The number of phenolic OH excluding ortho intramolecular Hbond substituents is 1. The average Bonchev–Trinajstić information content (AvgIpc) is 2.29. The molecule has 0 spiro atoms. The number of hydrogen-bond acceptors (Lipinski definition) is 5.